The summed E-state index contributed by atoms with van der Waals surface area (Å²) in [6.45, 7) is 3.02. The fraction of sp³-hybridized carbons (Fsp3) is 0.562. The van der Waals surface area contributed by atoms with Gasteiger partial charge < -0.3 is 10.6 Å². The van der Waals surface area contributed by atoms with E-state index in [0.29, 0.717) is 6.42 Å². The van der Waals surface area contributed by atoms with Gasteiger partial charge in [-0.2, -0.15) is 0 Å². The zero-order valence-corrected chi connectivity index (χ0v) is 13.3. The third-order valence-electron chi connectivity index (χ3n) is 4.59. The number of halogens is 3. The first-order valence-corrected chi connectivity index (χ1v) is 7.55. The number of carbonyl (C=O) groups excluding carboxylic acids is 1. The van der Waals surface area contributed by atoms with E-state index in [4.69, 9.17) is 0 Å². The second kappa shape index (κ2) is 6.92. The molecule has 1 saturated carbocycles. The number of hydrogen-bond donors (Lipinski definition) is 2. The van der Waals surface area contributed by atoms with E-state index < -0.39 is 11.6 Å². The molecule has 1 aromatic carbocycles. The lowest BCUT2D eigenvalue weighted by atomic mass is 9.99. The number of nitrogens with one attached hydrogen (secondary N) is 2. The largest absolute Gasteiger partial charge is 0.352 e. The molecule has 1 aliphatic heterocycles. The van der Waals surface area contributed by atoms with E-state index in [1.54, 1.807) is 0 Å². The number of rotatable bonds is 3. The van der Waals surface area contributed by atoms with Crippen LogP contribution in [0, 0.1) is 17.6 Å². The Morgan fingerprint density at radius 2 is 2.00 bits per heavy atom. The van der Waals surface area contributed by atoms with Crippen molar-refractivity contribution in [1.82, 2.24) is 10.6 Å². The van der Waals surface area contributed by atoms with Crippen LogP contribution in [0.15, 0.2) is 18.2 Å². The Labute approximate surface area is 135 Å². The fourth-order valence-corrected chi connectivity index (χ4v) is 3.20. The van der Waals surface area contributed by atoms with Crippen molar-refractivity contribution >= 4 is 18.3 Å². The van der Waals surface area contributed by atoms with E-state index in [9.17, 15) is 13.6 Å². The maximum atomic E-state index is 13.7. The van der Waals surface area contributed by atoms with Gasteiger partial charge in [-0.25, -0.2) is 8.78 Å². The summed E-state index contributed by atoms with van der Waals surface area (Å²) >= 11 is 0. The Morgan fingerprint density at radius 3 is 2.64 bits per heavy atom. The first-order valence-electron chi connectivity index (χ1n) is 7.55. The summed E-state index contributed by atoms with van der Waals surface area (Å²) in [6.07, 6.45) is 2.51. The van der Waals surface area contributed by atoms with Gasteiger partial charge in [0.05, 0.1) is 0 Å². The highest BCUT2D eigenvalue weighted by Gasteiger charge is 2.47. The van der Waals surface area contributed by atoms with Crippen molar-refractivity contribution in [3.63, 3.8) is 0 Å². The zero-order valence-electron chi connectivity index (χ0n) is 12.4. The summed E-state index contributed by atoms with van der Waals surface area (Å²) in [5, 5.41) is 6.35. The molecule has 4 atom stereocenters. The maximum Gasteiger partial charge on any atom is 0.224 e. The molecular weight excluding hydrogens is 310 g/mol. The molecule has 22 heavy (non-hydrogen) atoms. The van der Waals surface area contributed by atoms with Gasteiger partial charge in [-0.3, -0.25) is 4.79 Å². The van der Waals surface area contributed by atoms with Crippen LogP contribution in [-0.4, -0.2) is 24.5 Å². The Bertz CT molecular complexity index is 535. The predicted molar refractivity (Wildman–Crippen MR) is 83.1 cm³/mol. The van der Waals surface area contributed by atoms with Crippen molar-refractivity contribution in [2.45, 2.75) is 44.2 Å². The molecule has 1 heterocycles. The number of amides is 1. The molecule has 3 nitrogen and oxygen atoms in total. The van der Waals surface area contributed by atoms with Crippen molar-refractivity contribution in [2.75, 3.05) is 6.54 Å². The van der Waals surface area contributed by atoms with Crippen LogP contribution in [0.5, 0.6) is 0 Å². The second-order valence-corrected chi connectivity index (χ2v) is 6.08. The number of carbonyl (C=O) groups is 1. The summed E-state index contributed by atoms with van der Waals surface area (Å²) in [4.78, 5) is 12.2. The molecular formula is C16H21ClF2N2O. The molecule has 0 aromatic heterocycles. The van der Waals surface area contributed by atoms with Crippen molar-refractivity contribution in [2.24, 2.45) is 5.92 Å². The van der Waals surface area contributed by atoms with Crippen LogP contribution in [0.25, 0.3) is 0 Å². The van der Waals surface area contributed by atoms with Crippen LogP contribution < -0.4 is 10.6 Å². The molecule has 0 spiro atoms. The molecule has 4 unspecified atom stereocenters. The van der Waals surface area contributed by atoms with E-state index in [2.05, 4.69) is 10.6 Å². The molecule has 3 rings (SSSR count). The van der Waals surface area contributed by atoms with Crippen LogP contribution in [0.2, 0.25) is 0 Å². The molecule has 1 aromatic rings. The minimum Gasteiger partial charge on any atom is -0.352 e. The molecule has 122 valence electrons. The molecule has 2 N–H and O–H groups in total. The number of hydrogen-bond acceptors (Lipinski definition) is 2. The number of benzene rings is 1. The summed E-state index contributed by atoms with van der Waals surface area (Å²) < 4.78 is 27.4. The Morgan fingerprint density at radius 1 is 1.32 bits per heavy atom. The Kier molecular flexibility index (Phi) is 5.40. The third kappa shape index (κ3) is 3.41. The van der Waals surface area contributed by atoms with Gasteiger partial charge in [0.2, 0.25) is 5.91 Å². The Balaban J connectivity index is 0.00000176. The van der Waals surface area contributed by atoms with E-state index in [-0.39, 0.29) is 47.8 Å². The van der Waals surface area contributed by atoms with Gasteiger partial charge in [0.1, 0.15) is 11.6 Å². The maximum absolute atomic E-state index is 13.7. The fourth-order valence-electron chi connectivity index (χ4n) is 3.20. The zero-order chi connectivity index (χ0) is 15.0. The van der Waals surface area contributed by atoms with Gasteiger partial charge >= 0.3 is 0 Å². The van der Waals surface area contributed by atoms with Gasteiger partial charge in [-0.1, -0.05) is 6.07 Å². The van der Waals surface area contributed by atoms with E-state index in [1.165, 1.54) is 18.2 Å². The standard InChI is InChI=1S/C16H20F2N2O.ClH/c1-9-14(6-3-7-19-9)20-16(21)11-8-10(11)15-12(17)4-2-5-13(15)18;/h2,4-5,9-11,14,19H,3,6-8H2,1H3,(H,20,21);1H. The van der Waals surface area contributed by atoms with Crippen LogP contribution in [0.4, 0.5) is 8.78 Å². The normalized spacial score (nSPS) is 30.3. The monoisotopic (exact) mass is 330 g/mol. The van der Waals surface area contributed by atoms with Gasteiger partial charge in [0.15, 0.2) is 0 Å². The SMILES string of the molecule is CC1NCCCC1NC(=O)C1CC1c1c(F)cccc1F.Cl. The first kappa shape index (κ1) is 17.2. The van der Waals surface area contributed by atoms with E-state index >= 15 is 0 Å². The first-order chi connectivity index (χ1) is 10.1. The van der Waals surface area contributed by atoms with Crippen LogP contribution in [-0.2, 0) is 4.79 Å². The van der Waals surface area contributed by atoms with Crippen LogP contribution in [0.1, 0.15) is 37.7 Å². The molecule has 2 aliphatic rings. The second-order valence-electron chi connectivity index (χ2n) is 6.08. The highest BCUT2D eigenvalue weighted by atomic mass is 35.5. The van der Waals surface area contributed by atoms with Crippen molar-refractivity contribution in [1.29, 1.82) is 0 Å². The summed E-state index contributed by atoms with van der Waals surface area (Å²) in [7, 11) is 0. The molecule has 1 amide bonds. The van der Waals surface area contributed by atoms with E-state index in [0.717, 1.165) is 19.4 Å². The van der Waals surface area contributed by atoms with E-state index in [1.807, 2.05) is 6.92 Å². The molecule has 0 bridgehead atoms. The minimum atomic E-state index is -0.553. The van der Waals surface area contributed by atoms with Gasteiger partial charge in [0.25, 0.3) is 0 Å². The summed E-state index contributed by atoms with van der Waals surface area (Å²) in [5.74, 6) is -1.81. The van der Waals surface area contributed by atoms with Crippen LogP contribution >= 0.6 is 12.4 Å². The van der Waals surface area contributed by atoms with Gasteiger partial charge in [-0.05, 0) is 44.9 Å². The molecule has 6 heteroatoms. The topological polar surface area (TPSA) is 41.1 Å². The molecule has 1 saturated heterocycles. The average Bonchev–Trinajstić information content (AvgIpc) is 3.21. The lowest BCUT2D eigenvalue weighted by Gasteiger charge is -2.30. The lowest BCUT2D eigenvalue weighted by Crippen LogP contribution is -2.52. The molecule has 2 fully saturated rings. The lowest BCUT2D eigenvalue weighted by molar-refractivity contribution is -0.123. The third-order valence-corrected chi connectivity index (χ3v) is 4.59. The van der Waals surface area contributed by atoms with Crippen molar-refractivity contribution < 1.29 is 13.6 Å². The molecule has 1 aliphatic carbocycles. The van der Waals surface area contributed by atoms with Gasteiger partial charge in [-0.15, -0.1) is 12.4 Å². The Hall–Kier alpha value is -1.20. The minimum absolute atomic E-state index is 0. The average molecular weight is 331 g/mol. The van der Waals surface area contributed by atoms with Crippen molar-refractivity contribution in [3.05, 3.63) is 35.4 Å². The summed E-state index contributed by atoms with van der Waals surface area (Å²) in [6, 6.07) is 4.20. The van der Waals surface area contributed by atoms with Gasteiger partial charge in [0, 0.05) is 29.5 Å². The highest BCUT2D eigenvalue weighted by molar-refractivity contribution is 5.85. The molecule has 0 radical (unpaired) electrons. The summed E-state index contributed by atoms with van der Waals surface area (Å²) in [5.41, 5.74) is 0.0625. The quantitative estimate of drug-likeness (QED) is 0.894. The van der Waals surface area contributed by atoms with Crippen LogP contribution in [0.3, 0.4) is 0 Å². The predicted octanol–water partition coefficient (Wildman–Crippen LogP) is 2.75. The number of piperidine rings is 1. The smallest absolute Gasteiger partial charge is 0.224 e. The van der Waals surface area contributed by atoms with Crippen molar-refractivity contribution in [3.8, 4) is 0 Å². The highest BCUT2D eigenvalue weighted by Crippen LogP contribution is 2.49.